The van der Waals surface area contributed by atoms with Crippen molar-refractivity contribution < 1.29 is 33.6 Å². The van der Waals surface area contributed by atoms with Gasteiger partial charge in [-0.1, -0.05) is 12.1 Å². The first-order chi connectivity index (χ1) is 13.5. The summed E-state index contributed by atoms with van der Waals surface area (Å²) in [6.07, 6.45) is 0.649. The number of carboxylic acid groups (broad SMARTS) is 1. The van der Waals surface area contributed by atoms with E-state index in [4.69, 9.17) is 24.1 Å². The largest absolute Gasteiger partial charge is 0.493 e. The number of anilines is 1. The number of aryl methyl sites for hydroxylation is 1. The van der Waals surface area contributed by atoms with Crippen LogP contribution in [0.2, 0.25) is 0 Å². The Morgan fingerprint density at radius 1 is 1.00 bits per heavy atom. The molecule has 2 N–H and O–H groups in total. The molecule has 1 amide bonds. The van der Waals surface area contributed by atoms with Crippen LogP contribution in [-0.2, 0) is 16.0 Å². The molecule has 0 aliphatic heterocycles. The van der Waals surface area contributed by atoms with Crippen LogP contribution in [0, 0.1) is 0 Å². The first kappa shape index (κ1) is 20.9. The van der Waals surface area contributed by atoms with Crippen molar-refractivity contribution in [3.05, 3.63) is 42.0 Å². The van der Waals surface area contributed by atoms with Crippen LogP contribution in [0.5, 0.6) is 23.0 Å². The summed E-state index contributed by atoms with van der Waals surface area (Å²) >= 11 is 0. The summed E-state index contributed by atoms with van der Waals surface area (Å²) in [7, 11) is 4.60. The van der Waals surface area contributed by atoms with Gasteiger partial charge in [-0.25, -0.2) is 4.79 Å². The predicted molar refractivity (Wildman–Crippen MR) is 103 cm³/mol. The molecule has 2 rings (SSSR count). The second-order valence-corrected chi connectivity index (χ2v) is 5.75. The lowest BCUT2D eigenvalue weighted by atomic mass is 10.1. The Kier molecular flexibility index (Phi) is 7.50. The maximum Gasteiger partial charge on any atom is 0.341 e. The molecule has 8 heteroatoms. The number of rotatable bonds is 10. The van der Waals surface area contributed by atoms with Crippen molar-refractivity contribution in [2.75, 3.05) is 33.3 Å². The number of carbonyl (C=O) groups excluding carboxylic acids is 1. The molecule has 2 aromatic carbocycles. The first-order valence-electron chi connectivity index (χ1n) is 8.50. The minimum Gasteiger partial charge on any atom is -0.493 e. The van der Waals surface area contributed by atoms with Crippen molar-refractivity contribution in [2.24, 2.45) is 0 Å². The third-order valence-electron chi connectivity index (χ3n) is 3.89. The normalized spacial score (nSPS) is 10.1. The zero-order chi connectivity index (χ0) is 20.5. The van der Waals surface area contributed by atoms with Gasteiger partial charge >= 0.3 is 5.97 Å². The number of ether oxygens (including phenoxy) is 4. The van der Waals surface area contributed by atoms with E-state index in [2.05, 4.69) is 5.32 Å². The predicted octanol–water partition coefficient (Wildman–Crippen LogP) is 2.75. The van der Waals surface area contributed by atoms with Crippen molar-refractivity contribution in [2.45, 2.75) is 12.8 Å². The summed E-state index contributed by atoms with van der Waals surface area (Å²) in [4.78, 5) is 22.9. The maximum absolute atomic E-state index is 12.3. The third-order valence-corrected chi connectivity index (χ3v) is 3.89. The van der Waals surface area contributed by atoms with Crippen LogP contribution in [0.4, 0.5) is 5.69 Å². The summed E-state index contributed by atoms with van der Waals surface area (Å²) in [5.74, 6) is 0.642. The molecule has 0 aliphatic carbocycles. The van der Waals surface area contributed by atoms with Gasteiger partial charge in [0, 0.05) is 18.2 Å². The lowest BCUT2D eigenvalue weighted by molar-refractivity contribution is -0.139. The molecule has 0 atom stereocenters. The van der Waals surface area contributed by atoms with Crippen LogP contribution in [0.15, 0.2) is 36.4 Å². The van der Waals surface area contributed by atoms with Crippen LogP contribution in [0.25, 0.3) is 0 Å². The van der Waals surface area contributed by atoms with Gasteiger partial charge in [0.15, 0.2) is 18.1 Å². The lowest BCUT2D eigenvalue weighted by Crippen LogP contribution is -2.13. The number of methoxy groups -OCH3 is 3. The standard InChI is InChI=1S/C20H23NO7/c1-25-16-9-7-13(19(26-2)20(16)27-3)8-10-17(22)21-14-5-4-6-15(11-14)28-12-18(23)24/h4-7,9,11H,8,10,12H2,1-3H3,(H,21,22)(H,23,24). The topological polar surface area (TPSA) is 103 Å². The molecule has 150 valence electrons. The molecule has 0 spiro atoms. The van der Waals surface area contributed by atoms with E-state index in [1.807, 2.05) is 6.07 Å². The fraction of sp³-hybridized carbons (Fsp3) is 0.300. The monoisotopic (exact) mass is 389 g/mol. The molecule has 28 heavy (non-hydrogen) atoms. The second kappa shape index (κ2) is 10.1. The smallest absolute Gasteiger partial charge is 0.341 e. The van der Waals surface area contributed by atoms with Gasteiger partial charge in [0.2, 0.25) is 11.7 Å². The van der Waals surface area contributed by atoms with E-state index in [9.17, 15) is 9.59 Å². The van der Waals surface area contributed by atoms with E-state index < -0.39 is 12.6 Å². The van der Waals surface area contributed by atoms with E-state index in [0.29, 0.717) is 35.1 Å². The number of aliphatic carboxylic acids is 1. The van der Waals surface area contributed by atoms with Gasteiger partial charge in [0.1, 0.15) is 5.75 Å². The van der Waals surface area contributed by atoms with E-state index in [1.165, 1.54) is 14.2 Å². The molecule has 0 bridgehead atoms. The molecule has 0 saturated heterocycles. The van der Waals surface area contributed by atoms with Gasteiger partial charge in [-0.15, -0.1) is 0 Å². The third kappa shape index (κ3) is 5.54. The van der Waals surface area contributed by atoms with E-state index in [-0.39, 0.29) is 12.3 Å². The Morgan fingerprint density at radius 3 is 2.39 bits per heavy atom. The highest BCUT2D eigenvalue weighted by Gasteiger charge is 2.16. The molecule has 0 unspecified atom stereocenters. The number of hydrogen-bond acceptors (Lipinski definition) is 6. The molecule has 8 nitrogen and oxygen atoms in total. The highest BCUT2D eigenvalue weighted by Crippen LogP contribution is 2.40. The summed E-state index contributed by atoms with van der Waals surface area (Å²) in [5.41, 5.74) is 1.33. The van der Waals surface area contributed by atoms with Gasteiger partial charge in [-0.05, 0) is 30.2 Å². The van der Waals surface area contributed by atoms with Crippen LogP contribution in [0.3, 0.4) is 0 Å². The number of carbonyl (C=O) groups is 2. The number of amides is 1. The van der Waals surface area contributed by atoms with Crippen molar-refractivity contribution in [1.82, 2.24) is 0 Å². The van der Waals surface area contributed by atoms with Crippen LogP contribution >= 0.6 is 0 Å². The highest BCUT2D eigenvalue weighted by atomic mass is 16.5. The van der Waals surface area contributed by atoms with E-state index in [1.54, 1.807) is 37.4 Å². The fourth-order valence-electron chi connectivity index (χ4n) is 2.64. The number of carboxylic acids is 1. The van der Waals surface area contributed by atoms with Crippen LogP contribution in [0.1, 0.15) is 12.0 Å². The lowest BCUT2D eigenvalue weighted by Gasteiger charge is -2.15. The summed E-state index contributed by atoms with van der Waals surface area (Å²) in [6.45, 7) is -0.448. The zero-order valence-electron chi connectivity index (χ0n) is 16.0. The Balaban J connectivity index is 2.01. The molecule has 0 radical (unpaired) electrons. The van der Waals surface area contributed by atoms with Crippen LogP contribution < -0.4 is 24.3 Å². The van der Waals surface area contributed by atoms with Crippen molar-refractivity contribution >= 4 is 17.6 Å². The molecule has 0 saturated carbocycles. The number of benzene rings is 2. The molecule has 0 aromatic heterocycles. The zero-order valence-corrected chi connectivity index (χ0v) is 16.0. The Bertz CT molecular complexity index is 835. The number of nitrogens with one attached hydrogen (secondary N) is 1. The molecule has 2 aromatic rings. The molecular formula is C20H23NO7. The molecule has 0 heterocycles. The molecule has 0 aliphatic rings. The van der Waals surface area contributed by atoms with E-state index in [0.717, 1.165) is 5.56 Å². The van der Waals surface area contributed by atoms with Gasteiger partial charge in [-0.3, -0.25) is 4.79 Å². The fourth-order valence-corrected chi connectivity index (χ4v) is 2.64. The Morgan fingerprint density at radius 2 is 1.75 bits per heavy atom. The maximum atomic E-state index is 12.3. The van der Waals surface area contributed by atoms with Gasteiger partial charge in [0.25, 0.3) is 0 Å². The summed E-state index contributed by atoms with van der Waals surface area (Å²) in [6, 6.07) is 10.1. The van der Waals surface area contributed by atoms with Gasteiger partial charge in [0.05, 0.1) is 21.3 Å². The molecular weight excluding hydrogens is 366 g/mol. The van der Waals surface area contributed by atoms with Crippen molar-refractivity contribution in [3.8, 4) is 23.0 Å². The Hall–Kier alpha value is -3.42. The Labute approximate surface area is 163 Å². The van der Waals surface area contributed by atoms with Crippen LogP contribution in [-0.4, -0.2) is 44.9 Å². The first-order valence-corrected chi connectivity index (χ1v) is 8.50. The quantitative estimate of drug-likeness (QED) is 0.644. The second-order valence-electron chi connectivity index (χ2n) is 5.75. The SMILES string of the molecule is COc1ccc(CCC(=O)Nc2cccc(OCC(=O)O)c2)c(OC)c1OC. The van der Waals surface area contributed by atoms with Gasteiger partial charge < -0.3 is 29.4 Å². The summed E-state index contributed by atoms with van der Waals surface area (Å²) in [5, 5.41) is 11.4. The molecule has 0 fully saturated rings. The average Bonchev–Trinajstić information content (AvgIpc) is 2.70. The highest BCUT2D eigenvalue weighted by molar-refractivity contribution is 5.91. The average molecular weight is 389 g/mol. The number of hydrogen-bond donors (Lipinski definition) is 2. The van der Waals surface area contributed by atoms with Crippen molar-refractivity contribution in [3.63, 3.8) is 0 Å². The van der Waals surface area contributed by atoms with E-state index >= 15 is 0 Å². The van der Waals surface area contributed by atoms with Crippen molar-refractivity contribution in [1.29, 1.82) is 0 Å². The minimum atomic E-state index is -1.07. The minimum absolute atomic E-state index is 0.202. The summed E-state index contributed by atoms with van der Waals surface area (Å²) < 4.78 is 21.1. The van der Waals surface area contributed by atoms with Gasteiger partial charge in [-0.2, -0.15) is 0 Å².